The van der Waals surface area contributed by atoms with Crippen LogP contribution in [0.5, 0.6) is 0 Å². The van der Waals surface area contributed by atoms with E-state index in [1.54, 1.807) is 0 Å². The van der Waals surface area contributed by atoms with Crippen molar-refractivity contribution in [2.45, 2.75) is 19.3 Å². The third-order valence-corrected chi connectivity index (χ3v) is 3.92. The molecule has 0 aliphatic carbocycles. The summed E-state index contributed by atoms with van der Waals surface area (Å²) in [5.74, 6) is -1.69. The highest BCUT2D eigenvalue weighted by atomic mass is 19.4. The second-order valence-electron chi connectivity index (χ2n) is 5.78. The molecule has 0 saturated carbocycles. The van der Waals surface area contributed by atoms with Gasteiger partial charge in [-0.15, -0.1) is 0 Å². The summed E-state index contributed by atoms with van der Waals surface area (Å²) in [6.45, 7) is 1.33. The molecule has 29 heavy (non-hydrogen) atoms. The van der Waals surface area contributed by atoms with Crippen molar-refractivity contribution in [2.24, 2.45) is 0 Å². The fourth-order valence-electron chi connectivity index (χ4n) is 2.69. The van der Waals surface area contributed by atoms with Crippen LogP contribution in [0, 0.1) is 0 Å². The maximum absolute atomic E-state index is 13.7. The Kier molecular flexibility index (Phi) is 4.89. The van der Waals surface area contributed by atoms with Crippen molar-refractivity contribution >= 4 is 11.7 Å². The normalized spacial score (nSPS) is 12.4. The minimum Gasteiger partial charge on any atom is -0.462 e. The van der Waals surface area contributed by atoms with Crippen LogP contribution in [0.1, 0.15) is 28.5 Å². The number of alkyl halides is 6. The second kappa shape index (κ2) is 6.94. The van der Waals surface area contributed by atoms with Crippen LogP contribution in [0.3, 0.4) is 0 Å². The van der Waals surface area contributed by atoms with Crippen LogP contribution in [0.25, 0.3) is 17.0 Å². The summed E-state index contributed by atoms with van der Waals surface area (Å²) in [6.07, 6.45) is -8.99. The molecule has 0 bridgehead atoms. The average molecular weight is 419 g/mol. The lowest BCUT2D eigenvalue weighted by Gasteiger charge is -2.10. The Bertz CT molecular complexity index is 1130. The van der Waals surface area contributed by atoms with E-state index >= 15 is 0 Å². The van der Waals surface area contributed by atoms with E-state index in [0.29, 0.717) is 12.1 Å². The third-order valence-electron chi connectivity index (χ3n) is 3.92. The van der Waals surface area contributed by atoms with E-state index in [1.807, 2.05) is 0 Å². The van der Waals surface area contributed by atoms with Crippen molar-refractivity contribution in [2.75, 3.05) is 6.61 Å². The standard InChI is InChI=1S/C17H11F6N3O3/c1-2-29-14(28)10-7-24-15-25-11(12(17(21,22)23)26(15)13(10)27)8-3-5-9(6-4-8)16(18,19)20/h3-7H,2H2,1H3,(H,24,25). The summed E-state index contributed by atoms with van der Waals surface area (Å²) < 4.78 is 84.1. The summed E-state index contributed by atoms with van der Waals surface area (Å²) in [5, 5.41) is 0. The molecule has 0 unspecified atom stereocenters. The maximum atomic E-state index is 13.7. The zero-order chi connectivity index (χ0) is 21.6. The number of rotatable bonds is 3. The molecule has 0 radical (unpaired) electrons. The van der Waals surface area contributed by atoms with Gasteiger partial charge in [-0.2, -0.15) is 26.3 Å². The fourth-order valence-corrected chi connectivity index (χ4v) is 2.69. The molecule has 6 nitrogen and oxygen atoms in total. The number of nitrogens with one attached hydrogen (secondary N) is 1. The molecule has 0 fully saturated rings. The number of benzene rings is 1. The number of carbonyl (C=O) groups excluding carboxylic acids is 1. The molecule has 0 spiro atoms. The summed E-state index contributed by atoms with van der Waals surface area (Å²) >= 11 is 0. The number of esters is 1. The first-order valence-electron chi connectivity index (χ1n) is 8.00. The van der Waals surface area contributed by atoms with E-state index in [9.17, 15) is 35.9 Å². The molecule has 1 aromatic carbocycles. The van der Waals surface area contributed by atoms with Crippen LogP contribution in [-0.2, 0) is 17.1 Å². The highest BCUT2D eigenvalue weighted by Crippen LogP contribution is 2.37. The Labute approximate surface area is 157 Å². The highest BCUT2D eigenvalue weighted by Gasteiger charge is 2.40. The number of imidazole rings is 1. The second-order valence-corrected chi connectivity index (χ2v) is 5.78. The molecule has 12 heteroatoms. The minimum atomic E-state index is -5.09. The van der Waals surface area contributed by atoms with E-state index in [1.165, 1.54) is 6.92 Å². The Balaban J connectivity index is 2.27. The Morgan fingerprint density at radius 3 is 2.24 bits per heavy atom. The molecule has 2 aromatic heterocycles. The van der Waals surface area contributed by atoms with Crippen molar-refractivity contribution < 1.29 is 35.9 Å². The van der Waals surface area contributed by atoms with Crippen LogP contribution in [-0.4, -0.2) is 26.9 Å². The molecule has 0 atom stereocenters. The Morgan fingerprint density at radius 2 is 1.72 bits per heavy atom. The van der Waals surface area contributed by atoms with E-state index in [0.717, 1.165) is 18.3 Å². The summed E-state index contributed by atoms with van der Waals surface area (Å²) in [5.41, 5.74) is -5.52. The lowest BCUT2D eigenvalue weighted by Crippen LogP contribution is -2.27. The van der Waals surface area contributed by atoms with Gasteiger partial charge in [0.2, 0.25) is 5.78 Å². The highest BCUT2D eigenvalue weighted by molar-refractivity contribution is 5.89. The summed E-state index contributed by atoms with van der Waals surface area (Å²) in [6, 6.07) is 2.89. The third kappa shape index (κ3) is 3.69. The van der Waals surface area contributed by atoms with Crippen LogP contribution in [0.15, 0.2) is 35.3 Å². The van der Waals surface area contributed by atoms with Crippen LogP contribution in [0.2, 0.25) is 0 Å². The average Bonchev–Trinajstić information content (AvgIpc) is 3.02. The molecular formula is C17H11F6N3O3. The Hall–Kier alpha value is -3.31. The van der Waals surface area contributed by atoms with Gasteiger partial charge in [0.25, 0.3) is 5.56 Å². The fraction of sp³-hybridized carbons (Fsp3) is 0.235. The zero-order valence-corrected chi connectivity index (χ0v) is 14.5. The number of fused-ring (bicyclic) bond motifs is 1. The number of halogens is 6. The van der Waals surface area contributed by atoms with E-state index in [-0.39, 0.29) is 16.6 Å². The SMILES string of the molecule is CCOC(=O)c1cnc2[nH]c(-c3ccc(C(F)(F)F)cc3)c(C(F)(F)F)n2c1=O. The molecule has 154 valence electrons. The number of nitrogens with zero attached hydrogens (tertiary/aromatic N) is 2. The minimum absolute atomic E-state index is 0.114. The zero-order valence-electron chi connectivity index (χ0n) is 14.5. The predicted molar refractivity (Wildman–Crippen MR) is 87.2 cm³/mol. The number of carbonyl (C=O) groups is 1. The van der Waals surface area contributed by atoms with Crippen LogP contribution < -0.4 is 5.56 Å². The monoisotopic (exact) mass is 419 g/mol. The van der Waals surface area contributed by atoms with Gasteiger partial charge in [0.1, 0.15) is 5.56 Å². The maximum Gasteiger partial charge on any atom is 0.434 e. The van der Waals surface area contributed by atoms with Gasteiger partial charge in [-0.05, 0) is 19.1 Å². The number of ether oxygens (including phenoxy) is 1. The van der Waals surface area contributed by atoms with E-state index < -0.39 is 52.2 Å². The van der Waals surface area contributed by atoms with Crippen LogP contribution >= 0.6 is 0 Å². The molecule has 3 rings (SSSR count). The van der Waals surface area contributed by atoms with Gasteiger partial charge >= 0.3 is 18.3 Å². The van der Waals surface area contributed by atoms with E-state index in [4.69, 9.17) is 0 Å². The van der Waals surface area contributed by atoms with Crippen molar-refractivity contribution in [1.29, 1.82) is 0 Å². The molecule has 0 aliphatic rings. The molecule has 3 aromatic rings. The number of aromatic nitrogens is 3. The largest absolute Gasteiger partial charge is 0.462 e. The van der Waals surface area contributed by atoms with Gasteiger partial charge in [0.15, 0.2) is 5.69 Å². The first-order chi connectivity index (χ1) is 13.4. The van der Waals surface area contributed by atoms with Gasteiger partial charge < -0.3 is 9.72 Å². The molecule has 2 heterocycles. The van der Waals surface area contributed by atoms with Crippen molar-refractivity contribution in [1.82, 2.24) is 14.4 Å². The predicted octanol–water partition coefficient (Wildman–Crippen LogP) is 3.90. The number of aromatic amines is 1. The molecule has 0 aliphatic heterocycles. The van der Waals surface area contributed by atoms with Crippen LogP contribution in [0.4, 0.5) is 26.3 Å². The molecular weight excluding hydrogens is 408 g/mol. The van der Waals surface area contributed by atoms with E-state index in [2.05, 4.69) is 14.7 Å². The first-order valence-corrected chi connectivity index (χ1v) is 8.00. The Morgan fingerprint density at radius 1 is 1.10 bits per heavy atom. The number of H-pyrrole nitrogens is 1. The lowest BCUT2D eigenvalue weighted by molar-refractivity contribution is -0.141. The first kappa shape index (κ1) is 20.4. The summed E-state index contributed by atoms with van der Waals surface area (Å²) in [4.78, 5) is 30.2. The van der Waals surface area contributed by atoms with Crippen molar-refractivity contribution in [3.8, 4) is 11.3 Å². The number of hydrogen-bond acceptors (Lipinski definition) is 4. The van der Waals surface area contributed by atoms with Crippen molar-refractivity contribution in [3.05, 3.63) is 57.6 Å². The molecule has 1 N–H and O–H groups in total. The van der Waals surface area contributed by atoms with Crippen molar-refractivity contribution in [3.63, 3.8) is 0 Å². The van der Waals surface area contributed by atoms with Gasteiger partial charge in [0, 0.05) is 5.56 Å². The van der Waals surface area contributed by atoms with Gasteiger partial charge in [-0.3, -0.25) is 4.79 Å². The smallest absolute Gasteiger partial charge is 0.434 e. The molecule has 0 saturated heterocycles. The lowest BCUT2D eigenvalue weighted by atomic mass is 10.1. The quantitative estimate of drug-likeness (QED) is 0.516. The van der Waals surface area contributed by atoms with Gasteiger partial charge in [-0.25, -0.2) is 14.2 Å². The van der Waals surface area contributed by atoms with Gasteiger partial charge in [0.05, 0.1) is 24.1 Å². The molecule has 0 amide bonds. The topological polar surface area (TPSA) is 76.5 Å². The van der Waals surface area contributed by atoms with Gasteiger partial charge in [-0.1, -0.05) is 12.1 Å². The summed E-state index contributed by atoms with van der Waals surface area (Å²) in [7, 11) is 0. The number of hydrogen-bond donors (Lipinski definition) is 1.